The first-order valence-electron chi connectivity index (χ1n) is 11.3. The summed E-state index contributed by atoms with van der Waals surface area (Å²) < 4.78 is 11.4. The number of nitrogens with zero attached hydrogens (tertiary/aromatic N) is 2. The van der Waals surface area contributed by atoms with Gasteiger partial charge in [0.25, 0.3) is 0 Å². The van der Waals surface area contributed by atoms with Gasteiger partial charge in [-0.25, -0.2) is 4.98 Å². The summed E-state index contributed by atoms with van der Waals surface area (Å²) in [5, 5.41) is 12.1. The predicted octanol–water partition coefficient (Wildman–Crippen LogP) is 4.24. The van der Waals surface area contributed by atoms with Crippen molar-refractivity contribution in [3.63, 3.8) is 0 Å². The number of rotatable bonds is 9. The molecule has 1 aromatic heterocycles. The van der Waals surface area contributed by atoms with Crippen LogP contribution < -0.4 is 14.8 Å². The second kappa shape index (κ2) is 11.4. The van der Waals surface area contributed by atoms with Crippen molar-refractivity contribution < 1.29 is 19.4 Å². The van der Waals surface area contributed by atoms with Crippen LogP contribution in [0.3, 0.4) is 0 Å². The van der Waals surface area contributed by atoms with Crippen LogP contribution in [0.4, 0.5) is 5.69 Å². The average Bonchev–Trinajstić information content (AvgIpc) is 2.86. The molecule has 7 heteroatoms. The number of aliphatic hydroxyl groups excluding tert-OH is 1. The fourth-order valence-electron chi connectivity index (χ4n) is 3.98. The summed E-state index contributed by atoms with van der Waals surface area (Å²) >= 11 is 0. The fourth-order valence-corrected chi connectivity index (χ4v) is 3.98. The van der Waals surface area contributed by atoms with Crippen molar-refractivity contribution in [3.05, 3.63) is 78.5 Å². The quantitative estimate of drug-likeness (QED) is 0.511. The van der Waals surface area contributed by atoms with Gasteiger partial charge in [0.15, 0.2) is 0 Å². The zero-order valence-electron chi connectivity index (χ0n) is 18.5. The molecule has 172 valence electrons. The number of nitrogens with one attached hydrogen (secondary N) is 1. The van der Waals surface area contributed by atoms with E-state index in [4.69, 9.17) is 14.6 Å². The van der Waals surface area contributed by atoms with Gasteiger partial charge in [-0.1, -0.05) is 42.8 Å². The summed E-state index contributed by atoms with van der Waals surface area (Å²) in [6, 6.07) is 20.5. The van der Waals surface area contributed by atoms with Crippen molar-refractivity contribution in [1.82, 2.24) is 9.88 Å². The van der Waals surface area contributed by atoms with Gasteiger partial charge in [-0.15, -0.1) is 0 Å². The van der Waals surface area contributed by atoms with Gasteiger partial charge in [0.2, 0.25) is 11.8 Å². The first-order valence-corrected chi connectivity index (χ1v) is 11.3. The molecule has 33 heavy (non-hydrogen) atoms. The normalized spacial score (nSPS) is 16.2. The Morgan fingerprint density at radius 3 is 2.67 bits per heavy atom. The maximum Gasteiger partial charge on any atom is 0.241 e. The first kappa shape index (κ1) is 22.8. The molecule has 3 aromatic rings. The number of piperidine rings is 1. The van der Waals surface area contributed by atoms with Crippen LogP contribution in [0.15, 0.2) is 72.9 Å². The average molecular weight is 448 g/mol. The van der Waals surface area contributed by atoms with Crippen molar-refractivity contribution >= 4 is 11.6 Å². The Bertz CT molecular complexity index is 1030. The van der Waals surface area contributed by atoms with Crippen molar-refractivity contribution in [3.8, 4) is 17.4 Å². The molecule has 1 amide bonds. The van der Waals surface area contributed by atoms with Crippen LogP contribution in [0.1, 0.15) is 24.8 Å². The molecule has 0 radical (unpaired) electrons. The van der Waals surface area contributed by atoms with Crippen LogP contribution in [0, 0.1) is 0 Å². The summed E-state index contributed by atoms with van der Waals surface area (Å²) in [7, 11) is 0. The fraction of sp³-hybridized carbons (Fsp3) is 0.308. The zero-order chi connectivity index (χ0) is 22.9. The minimum absolute atomic E-state index is 0.0354. The van der Waals surface area contributed by atoms with E-state index in [1.807, 2.05) is 54.6 Å². The number of anilines is 1. The molecular weight excluding hydrogens is 418 g/mol. The van der Waals surface area contributed by atoms with Crippen LogP contribution in [-0.4, -0.2) is 46.7 Å². The smallest absolute Gasteiger partial charge is 0.241 e. The number of aliphatic hydroxyl groups is 1. The van der Waals surface area contributed by atoms with E-state index in [2.05, 4.69) is 15.2 Å². The number of carbonyl (C=O) groups is 1. The first-order chi connectivity index (χ1) is 16.2. The maximum atomic E-state index is 13.1. The molecule has 0 bridgehead atoms. The summed E-state index contributed by atoms with van der Waals surface area (Å²) in [5.74, 6) is 1.89. The second-order valence-corrected chi connectivity index (χ2v) is 7.95. The van der Waals surface area contributed by atoms with E-state index < -0.39 is 0 Å². The van der Waals surface area contributed by atoms with E-state index in [9.17, 15) is 4.79 Å². The van der Waals surface area contributed by atoms with Crippen molar-refractivity contribution in [2.45, 2.75) is 31.8 Å². The lowest BCUT2D eigenvalue weighted by Crippen LogP contribution is -2.46. The molecular formula is C26H29N3O4. The monoisotopic (exact) mass is 447 g/mol. The van der Waals surface area contributed by atoms with Crippen LogP contribution in [-0.2, 0) is 11.3 Å². The van der Waals surface area contributed by atoms with Gasteiger partial charge in [-0.05, 0) is 43.7 Å². The topological polar surface area (TPSA) is 83.9 Å². The number of hydrogen-bond donors (Lipinski definition) is 2. The molecule has 2 N–H and O–H groups in total. The molecule has 0 aliphatic carbocycles. The third-order valence-electron chi connectivity index (χ3n) is 5.58. The largest absolute Gasteiger partial charge is 0.491 e. The molecule has 0 spiro atoms. The molecule has 1 aliphatic heterocycles. The number of amides is 1. The van der Waals surface area contributed by atoms with Crippen LogP contribution in [0.5, 0.6) is 17.4 Å². The standard InChI is InChI=1S/C26H29N3O4/c30-16-17-32-24-12-5-4-8-20(24)19-29-15-7-6-11-23(29)26(31)28-21-13-14-25(27-18-21)33-22-9-2-1-3-10-22/h1-5,8-10,12-14,18,23,30H,6-7,11,15-17,19H2,(H,28,31). The van der Waals surface area contributed by atoms with Crippen molar-refractivity contribution in [2.75, 3.05) is 25.1 Å². The van der Waals surface area contributed by atoms with Crippen LogP contribution in [0.2, 0.25) is 0 Å². The van der Waals surface area contributed by atoms with Crippen LogP contribution in [0.25, 0.3) is 0 Å². The Hall–Kier alpha value is -3.42. The van der Waals surface area contributed by atoms with E-state index in [0.29, 0.717) is 23.9 Å². The summed E-state index contributed by atoms with van der Waals surface area (Å²) in [6.07, 6.45) is 4.48. The molecule has 0 saturated carbocycles. The van der Waals surface area contributed by atoms with Gasteiger partial charge >= 0.3 is 0 Å². The minimum atomic E-state index is -0.232. The summed E-state index contributed by atoms with van der Waals surface area (Å²) in [5.41, 5.74) is 1.65. The Labute approximate surface area is 194 Å². The number of aromatic nitrogens is 1. The summed E-state index contributed by atoms with van der Waals surface area (Å²) in [4.78, 5) is 19.6. The summed E-state index contributed by atoms with van der Waals surface area (Å²) in [6.45, 7) is 1.67. The minimum Gasteiger partial charge on any atom is -0.491 e. The SMILES string of the molecule is O=C(Nc1ccc(Oc2ccccc2)nc1)C1CCCCN1Cc1ccccc1OCCO. The highest BCUT2D eigenvalue weighted by Gasteiger charge is 2.29. The molecule has 1 saturated heterocycles. The molecule has 1 atom stereocenters. The van der Waals surface area contributed by atoms with E-state index in [1.165, 1.54) is 0 Å². The lowest BCUT2D eigenvalue weighted by atomic mass is 10.00. The number of benzene rings is 2. The van der Waals surface area contributed by atoms with Crippen LogP contribution >= 0.6 is 0 Å². The molecule has 1 fully saturated rings. The highest BCUT2D eigenvalue weighted by molar-refractivity contribution is 5.94. The Morgan fingerprint density at radius 2 is 1.88 bits per heavy atom. The number of hydrogen-bond acceptors (Lipinski definition) is 6. The third kappa shape index (κ3) is 6.31. The molecule has 2 heterocycles. The van der Waals surface area contributed by atoms with Gasteiger partial charge in [0.1, 0.15) is 18.1 Å². The number of ether oxygens (including phenoxy) is 2. The number of pyridine rings is 1. The highest BCUT2D eigenvalue weighted by Crippen LogP contribution is 2.26. The van der Waals surface area contributed by atoms with E-state index in [-0.39, 0.29) is 25.2 Å². The predicted molar refractivity (Wildman–Crippen MR) is 126 cm³/mol. The Kier molecular flexibility index (Phi) is 7.90. The second-order valence-electron chi connectivity index (χ2n) is 7.95. The highest BCUT2D eigenvalue weighted by atomic mass is 16.5. The zero-order valence-corrected chi connectivity index (χ0v) is 18.5. The van der Waals surface area contributed by atoms with Gasteiger partial charge < -0.3 is 19.9 Å². The molecule has 2 aromatic carbocycles. The van der Waals surface area contributed by atoms with Crippen molar-refractivity contribution in [1.29, 1.82) is 0 Å². The lowest BCUT2D eigenvalue weighted by Gasteiger charge is -2.35. The van der Waals surface area contributed by atoms with Crippen molar-refractivity contribution in [2.24, 2.45) is 0 Å². The van der Waals surface area contributed by atoms with Gasteiger partial charge in [0, 0.05) is 18.2 Å². The van der Waals surface area contributed by atoms with E-state index >= 15 is 0 Å². The lowest BCUT2D eigenvalue weighted by molar-refractivity contribution is -0.122. The molecule has 7 nitrogen and oxygen atoms in total. The van der Waals surface area contributed by atoms with E-state index in [0.717, 1.165) is 37.1 Å². The Morgan fingerprint density at radius 1 is 1.06 bits per heavy atom. The van der Waals surface area contributed by atoms with E-state index in [1.54, 1.807) is 18.3 Å². The molecule has 4 rings (SSSR count). The van der Waals surface area contributed by atoms with Gasteiger partial charge in [-0.3, -0.25) is 9.69 Å². The van der Waals surface area contributed by atoms with Gasteiger partial charge in [-0.2, -0.15) is 0 Å². The number of para-hydroxylation sites is 2. The van der Waals surface area contributed by atoms with Gasteiger partial charge in [0.05, 0.1) is 24.5 Å². The third-order valence-corrected chi connectivity index (χ3v) is 5.58. The maximum absolute atomic E-state index is 13.1. The number of likely N-dealkylation sites (tertiary alicyclic amines) is 1. The number of carbonyl (C=O) groups excluding carboxylic acids is 1. The Balaban J connectivity index is 1.39. The molecule has 1 unspecified atom stereocenters. The molecule has 1 aliphatic rings.